The van der Waals surface area contributed by atoms with E-state index >= 15 is 0 Å². The summed E-state index contributed by atoms with van der Waals surface area (Å²) in [4.78, 5) is 4.55. The van der Waals surface area contributed by atoms with E-state index in [1.165, 1.54) is 16.7 Å². The zero-order chi connectivity index (χ0) is 13.4. The molecule has 0 unspecified atom stereocenters. The molecule has 2 rings (SSSR count). The van der Waals surface area contributed by atoms with Crippen molar-refractivity contribution in [3.8, 4) is 16.3 Å². The molecule has 0 aliphatic heterocycles. The number of nitrogens with two attached hydrogens (primary N) is 1. The predicted octanol–water partition coefficient (Wildman–Crippen LogP) is 3.63. The topological polar surface area (TPSA) is 48.1 Å². The van der Waals surface area contributed by atoms with Crippen LogP contribution in [-0.2, 0) is 0 Å². The minimum Gasteiger partial charge on any atom is -0.496 e. The summed E-state index contributed by atoms with van der Waals surface area (Å²) in [6.45, 7) is 8.20. The highest BCUT2D eigenvalue weighted by molar-refractivity contribution is 7.19. The van der Waals surface area contributed by atoms with Crippen LogP contribution in [0.5, 0.6) is 5.75 Å². The van der Waals surface area contributed by atoms with Crippen molar-refractivity contribution in [2.45, 2.75) is 27.7 Å². The standard InChI is InChI=1S/C14H18N2OS/c1-7-6-11(17-5)8(2)9(3)12(7)14-16-10(4)13(15)18-14/h6H,15H2,1-5H3. The molecule has 96 valence electrons. The van der Waals surface area contributed by atoms with Gasteiger partial charge in [-0.3, -0.25) is 0 Å². The minimum atomic E-state index is 0.789. The van der Waals surface area contributed by atoms with Gasteiger partial charge in [0.2, 0.25) is 0 Å². The summed E-state index contributed by atoms with van der Waals surface area (Å²) in [6.07, 6.45) is 0. The molecule has 0 saturated heterocycles. The summed E-state index contributed by atoms with van der Waals surface area (Å²) in [5.74, 6) is 0.926. The number of methoxy groups -OCH3 is 1. The molecule has 0 bridgehead atoms. The van der Waals surface area contributed by atoms with Gasteiger partial charge in [-0.1, -0.05) is 11.3 Å². The molecular formula is C14H18N2OS. The lowest BCUT2D eigenvalue weighted by atomic mass is 9.98. The monoisotopic (exact) mass is 262 g/mol. The van der Waals surface area contributed by atoms with Crippen LogP contribution in [0.15, 0.2) is 6.07 Å². The number of ether oxygens (including phenoxy) is 1. The molecule has 0 radical (unpaired) electrons. The first-order valence-electron chi connectivity index (χ1n) is 5.83. The number of hydrogen-bond acceptors (Lipinski definition) is 4. The second-order valence-electron chi connectivity index (χ2n) is 4.49. The van der Waals surface area contributed by atoms with Gasteiger partial charge in [-0.2, -0.15) is 0 Å². The first-order valence-corrected chi connectivity index (χ1v) is 6.65. The van der Waals surface area contributed by atoms with Crippen LogP contribution < -0.4 is 10.5 Å². The lowest BCUT2D eigenvalue weighted by Crippen LogP contribution is -1.96. The molecule has 0 aliphatic rings. The molecule has 0 fully saturated rings. The SMILES string of the molecule is COc1cc(C)c(-c2nc(C)c(N)s2)c(C)c1C. The molecule has 4 heteroatoms. The second kappa shape index (κ2) is 4.61. The molecule has 0 amide bonds. The third-order valence-corrected chi connectivity index (χ3v) is 4.32. The van der Waals surface area contributed by atoms with Gasteiger partial charge in [0, 0.05) is 5.56 Å². The van der Waals surface area contributed by atoms with Gasteiger partial charge in [-0.05, 0) is 50.5 Å². The van der Waals surface area contributed by atoms with Crippen LogP contribution in [-0.4, -0.2) is 12.1 Å². The molecule has 1 aromatic carbocycles. The van der Waals surface area contributed by atoms with Gasteiger partial charge in [0.1, 0.15) is 15.8 Å². The van der Waals surface area contributed by atoms with Crippen molar-refractivity contribution in [3.05, 3.63) is 28.5 Å². The maximum atomic E-state index is 5.90. The van der Waals surface area contributed by atoms with Crippen molar-refractivity contribution in [1.29, 1.82) is 0 Å². The summed E-state index contributed by atoms with van der Waals surface area (Å²) < 4.78 is 5.38. The lowest BCUT2D eigenvalue weighted by molar-refractivity contribution is 0.411. The van der Waals surface area contributed by atoms with E-state index in [1.54, 1.807) is 18.4 Å². The molecule has 2 N–H and O–H groups in total. The maximum absolute atomic E-state index is 5.90. The Balaban J connectivity index is 2.68. The quantitative estimate of drug-likeness (QED) is 0.899. The molecule has 2 aromatic rings. The van der Waals surface area contributed by atoms with Crippen LogP contribution in [0, 0.1) is 27.7 Å². The smallest absolute Gasteiger partial charge is 0.126 e. The van der Waals surface area contributed by atoms with Gasteiger partial charge < -0.3 is 10.5 Å². The molecule has 3 nitrogen and oxygen atoms in total. The van der Waals surface area contributed by atoms with Crippen molar-refractivity contribution in [2.24, 2.45) is 0 Å². The Morgan fingerprint density at radius 1 is 1.17 bits per heavy atom. The van der Waals surface area contributed by atoms with Gasteiger partial charge in [0.25, 0.3) is 0 Å². The highest BCUT2D eigenvalue weighted by Gasteiger charge is 2.16. The summed E-state index contributed by atoms with van der Waals surface area (Å²) >= 11 is 1.54. The zero-order valence-corrected chi connectivity index (χ0v) is 12.2. The third-order valence-electron chi connectivity index (χ3n) is 3.32. The number of benzene rings is 1. The number of hydrogen-bond donors (Lipinski definition) is 1. The van der Waals surface area contributed by atoms with Crippen LogP contribution in [0.1, 0.15) is 22.4 Å². The highest BCUT2D eigenvalue weighted by atomic mass is 32.1. The minimum absolute atomic E-state index is 0.789. The molecule has 1 aromatic heterocycles. The van der Waals surface area contributed by atoms with Crippen LogP contribution in [0.4, 0.5) is 5.00 Å². The van der Waals surface area contributed by atoms with E-state index in [4.69, 9.17) is 10.5 Å². The van der Waals surface area contributed by atoms with Crippen LogP contribution in [0.25, 0.3) is 10.6 Å². The van der Waals surface area contributed by atoms with E-state index in [2.05, 4.69) is 31.8 Å². The van der Waals surface area contributed by atoms with E-state index in [0.717, 1.165) is 27.0 Å². The van der Waals surface area contributed by atoms with Crippen molar-refractivity contribution in [2.75, 3.05) is 12.8 Å². The Morgan fingerprint density at radius 2 is 1.83 bits per heavy atom. The van der Waals surface area contributed by atoms with Crippen LogP contribution in [0.3, 0.4) is 0 Å². The summed E-state index contributed by atoms with van der Waals surface area (Å²) in [5.41, 5.74) is 11.5. The number of thiazole rings is 1. The highest BCUT2D eigenvalue weighted by Crippen LogP contribution is 2.38. The number of aryl methyl sites for hydroxylation is 2. The fourth-order valence-corrected chi connectivity index (χ4v) is 3.10. The molecule has 0 atom stereocenters. The summed E-state index contributed by atoms with van der Waals surface area (Å²) in [6, 6.07) is 2.06. The van der Waals surface area contributed by atoms with Crippen molar-refractivity contribution in [3.63, 3.8) is 0 Å². The molecule has 0 saturated carbocycles. The van der Waals surface area contributed by atoms with Gasteiger partial charge >= 0.3 is 0 Å². The van der Waals surface area contributed by atoms with E-state index in [1.807, 2.05) is 6.92 Å². The molecular weight excluding hydrogens is 244 g/mol. The van der Waals surface area contributed by atoms with Gasteiger partial charge in [-0.15, -0.1) is 0 Å². The van der Waals surface area contributed by atoms with Crippen molar-refractivity contribution >= 4 is 16.3 Å². The summed E-state index contributed by atoms with van der Waals surface area (Å²) in [5, 5.41) is 1.78. The van der Waals surface area contributed by atoms with E-state index in [9.17, 15) is 0 Å². The largest absolute Gasteiger partial charge is 0.496 e. The fourth-order valence-electron chi connectivity index (χ4n) is 2.10. The molecule has 18 heavy (non-hydrogen) atoms. The average molecular weight is 262 g/mol. The van der Waals surface area contributed by atoms with Gasteiger partial charge in [0.05, 0.1) is 12.8 Å². The number of aromatic nitrogens is 1. The van der Waals surface area contributed by atoms with Crippen LogP contribution >= 0.6 is 11.3 Å². The number of anilines is 1. The van der Waals surface area contributed by atoms with E-state index < -0.39 is 0 Å². The molecule has 0 aliphatic carbocycles. The van der Waals surface area contributed by atoms with Gasteiger partial charge in [-0.25, -0.2) is 4.98 Å². The van der Waals surface area contributed by atoms with Crippen molar-refractivity contribution < 1.29 is 4.74 Å². The fraction of sp³-hybridized carbons (Fsp3) is 0.357. The normalized spacial score (nSPS) is 10.7. The predicted molar refractivity (Wildman–Crippen MR) is 77.5 cm³/mol. The Kier molecular flexibility index (Phi) is 3.30. The number of nitrogen functional groups attached to an aromatic ring is 1. The van der Waals surface area contributed by atoms with Crippen LogP contribution in [0.2, 0.25) is 0 Å². The van der Waals surface area contributed by atoms with E-state index in [-0.39, 0.29) is 0 Å². The number of rotatable bonds is 2. The number of nitrogens with zero attached hydrogens (tertiary/aromatic N) is 1. The van der Waals surface area contributed by atoms with Crippen molar-refractivity contribution in [1.82, 2.24) is 4.98 Å². The third kappa shape index (κ3) is 1.97. The van der Waals surface area contributed by atoms with E-state index in [0.29, 0.717) is 0 Å². The molecule has 0 spiro atoms. The Hall–Kier alpha value is -1.55. The Bertz CT molecular complexity index is 583. The Morgan fingerprint density at radius 3 is 2.33 bits per heavy atom. The maximum Gasteiger partial charge on any atom is 0.126 e. The average Bonchev–Trinajstić information content (AvgIpc) is 2.64. The summed E-state index contributed by atoms with van der Waals surface area (Å²) in [7, 11) is 1.70. The molecule has 1 heterocycles. The Labute approximate surface area is 112 Å². The lowest BCUT2D eigenvalue weighted by Gasteiger charge is -2.14. The first kappa shape index (κ1) is 12.9. The van der Waals surface area contributed by atoms with Gasteiger partial charge in [0.15, 0.2) is 0 Å². The zero-order valence-electron chi connectivity index (χ0n) is 11.4. The first-order chi connectivity index (χ1) is 8.45. The second-order valence-corrected chi connectivity index (χ2v) is 5.52.